The third kappa shape index (κ3) is 3.74. The van der Waals surface area contributed by atoms with E-state index in [-0.39, 0.29) is 11.2 Å². The van der Waals surface area contributed by atoms with Gasteiger partial charge in [0, 0.05) is 25.0 Å². The summed E-state index contributed by atoms with van der Waals surface area (Å²) in [5, 5.41) is 0. The van der Waals surface area contributed by atoms with E-state index < -0.39 is 10.1 Å². The van der Waals surface area contributed by atoms with Gasteiger partial charge in [-0.3, -0.25) is 4.55 Å². The van der Waals surface area contributed by atoms with Crippen LogP contribution >= 0.6 is 0 Å². The number of rotatable bonds is 6. The van der Waals surface area contributed by atoms with Crippen molar-refractivity contribution in [3.05, 3.63) is 54.1 Å². The molecule has 5 heteroatoms. The van der Waals surface area contributed by atoms with Gasteiger partial charge in [-0.15, -0.1) is 0 Å². The average Bonchev–Trinajstić information content (AvgIpc) is 2.78. The van der Waals surface area contributed by atoms with Crippen molar-refractivity contribution in [3.8, 4) is 11.1 Å². The highest BCUT2D eigenvalue weighted by Crippen LogP contribution is 2.41. The molecule has 0 atom stereocenters. The topological polar surface area (TPSA) is 57.4 Å². The molecule has 26 heavy (non-hydrogen) atoms. The van der Waals surface area contributed by atoms with Gasteiger partial charge in [0.15, 0.2) is 5.71 Å². The summed E-state index contributed by atoms with van der Waals surface area (Å²) in [5.41, 5.74) is 6.10. The lowest BCUT2D eigenvalue weighted by atomic mass is 9.81. The van der Waals surface area contributed by atoms with Crippen LogP contribution < -0.4 is 0 Å². The van der Waals surface area contributed by atoms with Crippen molar-refractivity contribution in [3.63, 3.8) is 0 Å². The van der Waals surface area contributed by atoms with Crippen molar-refractivity contribution in [2.45, 2.75) is 39.0 Å². The van der Waals surface area contributed by atoms with E-state index in [0.29, 0.717) is 12.8 Å². The van der Waals surface area contributed by atoms with E-state index in [9.17, 15) is 8.42 Å². The van der Waals surface area contributed by atoms with Gasteiger partial charge in [0.25, 0.3) is 10.1 Å². The zero-order valence-corrected chi connectivity index (χ0v) is 16.4. The third-order valence-electron chi connectivity index (χ3n) is 5.41. The van der Waals surface area contributed by atoms with Crippen LogP contribution in [-0.2, 0) is 15.5 Å². The summed E-state index contributed by atoms with van der Waals surface area (Å²) in [6.45, 7) is 7.36. The second kappa shape index (κ2) is 6.97. The predicted molar refractivity (Wildman–Crippen MR) is 106 cm³/mol. The maximum Gasteiger partial charge on any atom is 0.264 e. The Hall–Kier alpha value is -1.98. The first-order valence-corrected chi connectivity index (χ1v) is 10.6. The maximum atomic E-state index is 10.9. The molecule has 4 nitrogen and oxygen atoms in total. The molecule has 0 bridgehead atoms. The standard InChI is InChI=1S/C21H25NO3S/c1-16-21(2,3)19-15-18(17-9-5-4-6-10-17)11-12-20(19)22(16)13-7-8-14-26(23,24)25/h4-6,9-12,15H,7-8,13-14H2,1-3H3/p+1. The molecular formula is C21H26NO3S+. The van der Waals surface area contributed by atoms with Gasteiger partial charge in [0.2, 0.25) is 5.69 Å². The van der Waals surface area contributed by atoms with Gasteiger partial charge in [0.05, 0.1) is 11.2 Å². The molecule has 0 fully saturated rings. The first-order chi connectivity index (χ1) is 12.2. The average molecular weight is 373 g/mol. The highest BCUT2D eigenvalue weighted by Gasteiger charge is 2.42. The van der Waals surface area contributed by atoms with Crippen LogP contribution in [0.25, 0.3) is 11.1 Å². The summed E-state index contributed by atoms with van der Waals surface area (Å²) in [5.74, 6) is -0.177. The maximum absolute atomic E-state index is 10.9. The molecule has 3 rings (SSSR count). The molecule has 0 spiro atoms. The number of unbranched alkanes of at least 4 members (excludes halogenated alkanes) is 1. The van der Waals surface area contributed by atoms with Crippen molar-refractivity contribution in [2.24, 2.45) is 0 Å². The fraction of sp³-hybridized carbons (Fsp3) is 0.381. The number of hydrogen-bond acceptors (Lipinski definition) is 2. The van der Waals surface area contributed by atoms with Gasteiger partial charge in [-0.05, 0) is 43.5 Å². The Bertz CT molecular complexity index is 944. The third-order valence-corrected chi connectivity index (χ3v) is 6.22. The number of nitrogens with zero attached hydrogens (tertiary/aromatic N) is 1. The largest absolute Gasteiger partial charge is 0.286 e. The fourth-order valence-electron chi connectivity index (χ4n) is 3.64. The van der Waals surface area contributed by atoms with Crippen molar-refractivity contribution >= 4 is 21.5 Å². The summed E-state index contributed by atoms with van der Waals surface area (Å²) < 4.78 is 33.0. The Kier molecular flexibility index (Phi) is 5.04. The first-order valence-electron chi connectivity index (χ1n) is 8.97. The van der Waals surface area contributed by atoms with Gasteiger partial charge in [-0.25, -0.2) is 0 Å². The summed E-state index contributed by atoms with van der Waals surface area (Å²) in [4.78, 5) is 0. The molecule has 0 saturated carbocycles. The minimum atomic E-state index is -3.88. The normalized spacial score (nSPS) is 16.0. The van der Waals surface area contributed by atoms with Gasteiger partial charge in [-0.1, -0.05) is 30.3 Å². The molecule has 1 aliphatic heterocycles. The SMILES string of the molecule is CC1=[N+](CCCCS(=O)(=O)O)c2ccc(-c3ccccc3)cc2C1(C)C. The van der Waals surface area contributed by atoms with Crippen LogP contribution in [0.2, 0.25) is 0 Å². The minimum absolute atomic E-state index is 0.0663. The zero-order chi connectivity index (χ0) is 18.9. The van der Waals surface area contributed by atoms with Crippen molar-refractivity contribution in [1.82, 2.24) is 0 Å². The molecule has 0 aliphatic carbocycles. The molecule has 2 aromatic carbocycles. The minimum Gasteiger partial charge on any atom is -0.286 e. The van der Waals surface area contributed by atoms with Crippen LogP contribution in [0.4, 0.5) is 5.69 Å². The molecule has 138 valence electrons. The van der Waals surface area contributed by atoms with Gasteiger partial charge < -0.3 is 0 Å². The van der Waals surface area contributed by atoms with Crippen LogP contribution in [0, 0.1) is 0 Å². The van der Waals surface area contributed by atoms with E-state index in [1.54, 1.807) is 0 Å². The highest BCUT2D eigenvalue weighted by molar-refractivity contribution is 7.85. The van der Waals surface area contributed by atoms with Crippen LogP contribution in [-0.4, -0.2) is 35.6 Å². The molecule has 2 aromatic rings. The Balaban J connectivity index is 1.87. The predicted octanol–water partition coefficient (Wildman–Crippen LogP) is 4.42. The second-order valence-corrected chi connectivity index (χ2v) is 9.03. The van der Waals surface area contributed by atoms with Gasteiger partial charge in [0.1, 0.15) is 6.54 Å². The molecule has 0 aromatic heterocycles. The van der Waals surface area contributed by atoms with Crippen LogP contribution in [0.5, 0.6) is 0 Å². The summed E-state index contributed by atoms with van der Waals surface area (Å²) >= 11 is 0. The molecule has 0 saturated heterocycles. The van der Waals surface area contributed by atoms with Gasteiger partial charge >= 0.3 is 0 Å². The molecule has 0 radical (unpaired) electrons. The van der Waals surface area contributed by atoms with E-state index in [4.69, 9.17) is 4.55 Å². The number of benzene rings is 2. The van der Waals surface area contributed by atoms with Crippen molar-refractivity contribution in [2.75, 3.05) is 12.3 Å². The van der Waals surface area contributed by atoms with E-state index >= 15 is 0 Å². The Labute approximate surface area is 156 Å². The Morgan fingerprint density at radius 3 is 2.35 bits per heavy atom. The lowest BCUT2D eigenvalue weighted by Gasteiger charge is -2.16. The van der Waals surface area contributed by atoms with Crippen LogP contribution in [0.15, 0.2) is 48.5 Å². The highest BCUT2D eigenvalue weighted by atomic mass is 32.2. The van der Waals surface area contributed by atoms with Crippen molar-refractivity contribution in [1.29, 1.82) is 0 Å². The first kappa shape index (κ1) is 18.8. The number of fused-ring (bicyclic) bond motifs is 1. The monoisotopic (exact) mass is 372 g/mol. The van der Waals surface area contributed by atoms with E-state index in [0.717, 1.165) is 6.54 Å². The zero-order valence-electron chi connectivity index (χ0n) is 15.6. The fourth-order valence-corrected chi connectivity index (χ4v) is 4.21. The Morgan fingerprint density at radius 2 is 1.69 bits per heavy atom. The molecule has 1 aliphatic rings. The van der Waals surface area contributed by atoms with E-state index in [2.05, 4.69) is 55.7 Å². The quantitative estimate of drug-likeness (QED) is 0.464. The molecule has 1 heterocycles. The number of hydrogen-bond donors (Lipinski definition) is 1. The lowest BCUT2D eigenvalue weighted by molar-refractivity contribution is -0.439. The van der Waals surface area contributed by atoms with E-state index in [1.165, 1.54) is 28.1 Å². The summed E-state index contributed by atoms with van der Waals surface area (Å²) in [6.07, 6.45) is 1.17. The molecule has 1 N–H and O–H groups in total. The van der Waals surface area contributed by atoms with E-state index in [1.807, 2.05) is 18.2 Å². The molecule has 0 unspecified atom stereocenters. The molecular weight excluding hydrogens is 346 g/mol. The Morgan fingerprint density at radius 1 is 1.00 bits per heavy atom. The second-order valence-electron chi connectivity index (χ2n) is 7.45. The summed E-state index contributed by atoms with van der Waals surface area (Å²) in [7, 11) is -3.88. The van der Waals surface area contributed by atoms with Crippen LogP contribution in [0.1, 0.15) is 39.2 Å². The van der Waals surface area contributed by atoms with Gasteiger partial charge in [-0.2, -0.15) is 13.0 Å². The summed E-state index contributed by atoms with van der Waals surface area (Å²) in [6, 6.07) is 16.9. The smallest absolute Gasteiger partial charge is 0.264 e. The lowest BCUT2D eigenvalue weighted by Crippen LogP contribution is -2.26. The molecule has 0 amide bonds. The van der Waals surface area contributed by atoms with Crippen LogP contribution in [0.3, 0.4) is 0 Å². The van der Waals surface area contributed by atoms with Crippen molar-refractivity contribution < 1.29 is 17.5 Å².